The fourth-order valence-electron chi connectivity index (χ4n) is 3.82. The summed E-state index contributed by atoms with van der Waals surface area (Å²) in [6.07, 6.45) is 4.16. The number of aromatic hydroxyl groups is 1. The maximum absolute atomic E-state index is 12.2. The van der Waals surface area contributed by atoms with E-state index in [1.54, 1.807) is 31.4 Å². The van der Waals surface area contributed by atoms with E-state index in [0.29, 0.717) is 17.8 Å². The zero-order valence-electron chi connectivity index (χ0n) is 19.0. The molecule has 0 saturated heterocycles. The quantitative estimate of drug-likeness (QED) is 0.418. The number of methoxy groups -OCH3 is 1. The highest BCUT2D eigenvalue weighted by atomic mass is 16.5. The van der Waals surface area contributed by atoms with Crippen LogP contribution in [0.25, 0.3) is 11.3 Å². The van der Waals surface area contributed by atoms with Crippen LogP contribution >= 0.6 is 0 Å². The average Bonchev–Trinajstić information content (AvgIpc) is 2.82. The van der Waals surface area contributed by atoms with Crippen molar-refractivity contribution in [1.82, 2.24) is 14.7 Å². The van der Waals surface area contributed by atoms with Crippen LogP contribution in [0, 0.1) is 0 Å². The standard InChI is InChI=1S/C26H33N3O3/c1-3-28(20-21-12-6-9-15-25(21)32-2)18-10-4-5-11-19-29-26(31)17-16-23(27-29)22-13-7-8-14-24(22)30/h6-9,12-17,30H,3-5,10-11,18-20H2,1-2H3. The number of unbranched alkanes of at least 4 members (excludes halogenated alkanes) is 3. The van der Waals surface area contributed by atoms with Crippen molar-refractivity contribution in [3.63, 3.8) is 0 Å². The summed E-state index contributed by atoms with van der Waals surface area (Å²) >= 11 is 0. The number of rotatable bonds is 12. The zero-order chi connectivity index (χ0) is 22.8. The molecule has 0 radical (unpaired) electrons. The van der Waals surface area contributed by atoms with Gasteiger partial charge in [-0.05, 0) is 50.2 Å². The van der Waals surface area contributed by atoms with E-state index in [-0.39, 0.29) is 11.3 Å². The fourth-order valence-corrected chi connectivity index (χ4v) is 3.82. The van der Waals surface area contributed by atoms with Crippen molar-refractivity contribution < 1.29 is 9.84 Å². The Labute approximate surface area is 190 Å². The third-order valence-corrected chi connectivity index (χ3v) is 5.67. The lowest BCUT2D eigenvalue weighted by Gasteiger charge is -2.21. The molecular formula is C26H33N3O3. The van der Waals surface area contributed by atoms with Gasteiger partial charge in [0.25, 0.3) is 5.56 Å². The number of nitrogens with zero attached hydrogens (tertiary/aromatic N) is 3. The van der Waals surface area contributed by atoms with Crippen LogP contribution in [0.1, 0.15) is 38.2 Å². The molecule has 0 saturated carbocycles. The van der Waals surface area contributed by atoms with E-state index in [9.17, 15) is 9.90 Å². The van der Waals surface area contributed by atoms with Gasteiger partial charge in [0, 0.05) is 30.3 Å². The minimum absolute atomic E-state index is 0.113. The van der Waals surface area contributed by atoms with E-state index >= 15 is 0 Å². The average molecular weight is 436 g/mol. The molecule has 0 aliphatic carbocycles. The highest BCUT2D eigenvalue weighted by Gasteiger charge is 2.09. The molecule has 1 aromatic heterocycles. The number of phenolic OH excluding ortho intramolecular Hbond substituents is 1. The van der Waals surface area contributed by atoms with E-state index in [1.165, 1.54) is 16.3 Å². The molecule has 3 aromatic rings. The Hall–Kier alpha value is -3.12. The Bertz CT molecular complexity index is 1050. The van der Waals surface area contributed by atoms with E-state index in [0.717, 1.165) is 51.1 Å². The monoisotopic (exact) mass is 435 g/mol. The maximum atomic E-state index is 12.2. The SMILES string of the molecule is CCN(CCCCCCn1nc(-c2ccccc2O)ccc1=O)Cc1ccccc1OC. The summed E-state index contributed by atoms with van der Waals surface area (Å²) in [4.78, 5) is 14.6. The first kappa shape index (κ1) is 23.5. The second-order valence-electron chi connectivity index (χ2n) is 7.89. The van der Waals surface area contributed by atoms with Gasteiger partial charge in [-0.2, -0.15) is 5.10 Å². The molecule has 170 valence electrons. The van der Waals surface area contributed by atoms with E-state index in [2.05, 4.69) is 29.1 Å². The second-order valence-corrected chi connectivity index (χ2v) is 7.89. The maximum Gasteiger partial charge on any atom is 0.266 e. The number of para-hydroxylation sites is 2. The number of phenols is 1. The topological polar surface area (TPSA) is 67.6 Å². The predicted octanol–water partition coefficient (Wildman–Crippen LogP) is 4.71. The Kier molecular flexibility index (Phi) is 8.87. The summed E-state index contributed by atoms with van der Waals surface area (Å²) in [5, 5.41) is 14.5. The van der Waals surface area contributed by atoms with Crippen LogP contribution in [-0.4, -0.2) is 40.0 Å². The van der Waals surface area contributed by atoms with Crippen LogP contribution in [0.5, 0.6) is 11.5 Å². The normalized spacial score (nSPS) is 11.1. The number of aromatic nitrogens is 2. The van der Waals surface area contributed by atoms with Gasteiger partial charge >= 0.3 is 0 Å². The van der Waals surface area contributed by atoms with Gasteiger partial charge in [-0.1, -0.05) is 50.1 Å². The van der Waals surface area contributed by atoms with Gasteiger partial charge in [0.2, 0.25) is 0 Å². The van der Waals surface area contributed by atoms with Crippen LogP contribution in [-0.2, 0) is 13.1 Å². The summed E-state index contributed by atoms with van der Waals surface area (Å²) < 4.78 is 6.97. The van der Waals surface area contributed by atoms with Crippen molar-refractivity contribution >= 4 is 0 Å². The highest BCUT2D eigenvalue weighted by molar-refractivity contribution is 5.65. The van der Waals surface area contributed by atoms with Crippen molar-refractivity contribution in [3.8, 4) is 22.8 Å². The molecule has 6 heteroatoms. The molecule has 0 aliphatic heterocycles. The molecule has 0 bridgehead atoms. The van der Waals surface area contributed by atoms with Crippen molar-refractivity contribution in [1.29, 1.82) is 0 Å². The van der Waals surface area contributed by atoms with Crippen molar-refractivity contribution in [2.45, 2.75) is 45.7 Å². The molecule has 3 rings (SSSR count). The van der Waals surface area contributed by atoms with Crippen LogP contribution in [0.15, 0.2) is 65.5 Å². The van der Waals surface area contributed by atoms with Crippen LogP contribution in [0.3, 0.4) is 0 Å². The largest absolute Gasteiger partial charge is 0.507 e. The number of ether oxygens (including phenoxy) is 1. The van der Waals surface area contributed by atoms with Crippen LogP contribution in [0.2, 0.25) is 0 Å². The molecule has 6 nitrogen and oxygen atoms in total. The summed E-state index contributed by atoms with van der Waals surface area (Å²) in [5.74, 6) is 1.11. The lowest BCUT2D eigenvalue weighted by molar-refractivity contribution is 0.267. The number of hydrogen-bond acceptors (Lipinski definition) is 5. The van der Waals surface area contributed by atoms with Gasteiger partial charge < -0.3 is 9.84 Å². The smallest absolute Gasteiger partial charge is 0.266 e. The summed E-state index contributed by atoms with van der Waals surface area (Å²) in [7, 11) is 1.72. The number of aryl methyl sites for hydroxylation is 1. The van der Waals surface area contributed by atoms with Crippen LogP contribution < -0.4 is 10.3 Å². The first-order chi connectivity index (χ1) is 15.6. The summed E-state index contributed by atoms with van der Waals surface area (Å²) in [6.45, 7) is 5.69. The molecular weight excluding hydrogens is 402 g/mol. The molecule has 0 fully saturated rings. The van der Waals surface area contributed by atoms with Gasteiger partial charge in [0.1, 0.15) is 11.5 Å². The number of hydrogen-bond donors (Lipinski definition) is 1. The molecule has 1 N–H and O–H groups in total. The van der Waals surface area contributed by atoms with E-state index < -0.39 is 0 Å². The first-order valence-corrected chi connectivity index (χ1v) is 11.3. The van der Waals surface area contributed by atoms with Gasteiger partial charge in [0.05, 0.1) is 12.8 Å². The van der Waals surface area contributed by atoms with Crippen molar-refractivity contribution in [3.05, 3.63) is 76.6 Å². The highest BCUT2D eigenvalue weighted by Crippen LogP contribution is 2.26. The molecule has 0 amide bonds. The van der Waals surface area contributed by atoms with Gasteiger partial charge in [0.15, 0.2) is 0 Å². The van der Waals surface area contributed by atoms with Gasteiger partial charge in [-0.25, -0.2) is 4.68 Å². The molecule has 32 heavy (non-hydrogen) atoms. The molecule has 0 unspecified atom stereocenters. The minimum atomic E-state index is -0.113. The molecule has 0 spiro atoms. The Balaban J connectivity index is 1.45. The zero-order valence-corrected chi connectivity index (χ0v) is 19.0. The predicted molar refractivity (Wildman–Crippen MR) is 128 cm³/mol. The molecule has 1 heterocycles. The third-order valence-electron chi connectivity index (χ3n) is 5.67. The van der Waals surface area contributed by atoms with Gasteiger partial charge in [-0.15, -0.1) is 0 Å². The Morgan fingerprint density at radius 3 is 2.50 bits per heavy atom. The molecule has 2 aromatic carbocycles. The van der Waals surface area contributed by atoms with Gasteiger partial charge in [-0.3, -0.25) is 9.69 Å². The molecule has 0 atom stereocenters. The fraction of sp³-hybridized carbons (Fsp3) is 0.385. The van der Waals surface area contributed by atoms with E-state index in [1.807, 2.05) is 18.2 Å². The van der Waals surface area contributed by atoms with E-state index in [4.69, 9.17) is 4.74 Å². The third kappa shape index (κ3) is 6.44. The summed E-state index contributed by atoms with van der Waals surface area (Å²) in [5.41, 5.74) is 2.35. The first-order valence-electron chi connectivity index (χ1n) is 11.3. The Morgan fingerprint density at radius 1 is 0.969 bits per heavy atom. The lowest BCUT2D eigenvalue weighted by atomic mass is 10.1. The summed E-state index contributed by atoms with van der Waals surface area (Å²) in [6, 6.07) is 18.4. The molecule has 0 aliphatic rings. The Morgan fingerprint density at radius 2 is 1.72 bits per heavy atom. The number of benzene rings is 2. The van der Waals surface area contributed by atoms with Crippen LogP contribution in [0.4, 0.5) is 0 Å². The second kappa shape index (κ2) is 12.1. The minimum Gasteiger partial charge on any atom is -0.507 e. The van der Waals surface area contributed by atoms with Crippen molar-refractivity contribution in [2.75, 3.05) is 20.2 Å². The lowest BCUT2D eigenvalue weighted by Crippen LogP contribution is -2.24. The van der Waals surface area contributed by atoms with Crippen molar-refractivity contribution in [2.24, 2.45) is 0 Å².